The van der Waals surface area contributed by atoms with Crippen LogP contribution < -0.4 is 5.32 Å². The fourth-order valence-electron chi connectivity index (χ4n) is 2.90. The lowest BCUT2D eigenvalue weighted by molar-refractivity contribution is -0.140. The van der Waals surface area contributed by atoms with Gasteiger partial charge in [-0.2, -0.15) is 0 Å². The van der Waals surface area contributed by atoms with Gasteiger partial charge in [0.05, 0.1) is 6.42 Å². The molecule has 29 heavy (non-hydrogen) atoms. The average Bonchev–Trinajstić information content (AvgIpc) is 2.68. The third kappa shape index (κ3) is 6.72. The Kier molecular flexibility index (Phi) is 8.93. The van der Waals surface area contributed by atoms with Crippen molar-refractivity contribution in [2.24, 2.45) is 0 Å². The van der Waals surface area contributed by atoms with Gasteiger partial charge in [-0.25, -0.2) is 4.39 Å². The third-order valence-corrected chi connectivity index (χ3v) is 5.22. The average molecular weight is 439 g/mol. The van der Waals surface area contributed by atoms with Gasteiger partial charge in [0.1, 0.15) is 11.9 Å². The van der Waals surface area contributed by atoms with Gasteiger partial charge in [0.2, 0.25) is 11.8 Å². The van der Waals surface area contributed by atoms with Crippen LogP contribution in [-0.2, 0) is 22.6 Å². The van der Waals surface area contributed by atoms with Crippen LogP contribution in [0.2, 0.25) is 10.0 Å². The zero-order chi connectivity index (χ0) is 21.4. The van der Waals surface area contributed by atoms with E-state index in [4.69, 9.17) is 23.2 Å². The molecule has 0 aromatic heterocycles. The lowest BCUT2D eigenvalue weighted by Crippen LogP contribution is -2.48. The molecule has 0 spiro atoms. The molecular formula is C22H25Cl2FN2O2. The van der Waals surface area contributed by atoms with Crippen molar-refractivity contribution >= 4 is 35.0 Å². The molecule has 2 aromatic carbocycles. The second kappa shape index (κ2) is 11.2. The van der Waals surface area contributed by atoms with Crippen LogP contribution in [0.3, 0.4) is 0 Å². The van der Waals surface area contributed by atoms with E-state index in [9.17, 15) is 14.0 Å². The first-order chi connectivity index (χ1) is 13.8. The topological polar surface area (TPSA) is 49.4 Å². The number of benzene rings is 2. The quantitative estimate of drug-likeness (QED) is 0.559. The van der Waals surface area contributed by atoms with Gasteiger partial charge in [-0.15, -0.1) is 0 Å². The molecule has 156 valence electrons. The summed E-state index contributed by atoms with van der Waals surface area (Å²) in [6, 6.07) is 10.6. The Bertz CT molecular complexity index is 840. The van der Waals surface area contributed by atoms with E-state index in [-0.39, 0.29) is 29.5 Å². The molecule has 0 bridgehead atoms. The van der Waals surface area contributed by atoms with Gasteiger partial charge in [-0.05, 0) is 43.2 Å². The summed E-state index contributed by atoms with van der Waals surface area (Å²) < 4.78 is 14.2. The zero-order valence-electron chi connectivity index (χ0n) is 16.6. The lowest BCUT2D eigenvalue weighted by atomic mass is 10.1. The maximum absolute atomic E-state index is 14.2. The Morgan fingerprint density at radius 1 is 1.17 bits per heavy atom. The molecule has 0 saturated heterocycles. The van der Waals surface area contributed by atoms with Crippen LogP contribution in [-0.4, -0.2) is 29.3 Å². The molecule has 1 atom stereocenters. The molecule has 0 unspecified atom stereocenters. The number of hydrogen-bond donors (Lipinski definition) is 1. The molecule has 0 radical (unpaired) electrons. The Morgan fingerprint density at radius 3 is 2.55 bits per heavy atom. The van der Waals surface area contributed by atoms with E-state index in [2.05, 4.69) is 5.32 Å². The van der Waals surface area contributed by atoms with Gasteiger partial charge < -0.3 is 10.2 Å². The third-order valence-electron chi connectivity index (χ3n) is 4.63. The highest BCUT2D eigenvalue weighted by Crippen LogP contribution is 2.22. The van der Waals surface area contributed by atoms with Crippen LogP contribution in [0.1, 0.15) is 37.8 Å². The van der Waals surface area contributed by atoms with Gasteiger partial charge in [0.15, 0.2) is 0 Å². The molecule has 1 N–H and O–H groups in total. The highest BCUT2D eigenvalue weighted by atomic mass is 35.5. The predicted octanol–water partition coefficient (Wildman–Crippen LogP) is 5.01. The van der Waals surface area contributed by atoms with Gasteiger partial charge in [-0.3, -0.25) is 9.59 Å². The Morgan fingerprint density at radius 2 is 1.90 bits per heavy atom. The fourth-order valence-corrected chi connectivity index (χ4v) is 3.35. The number of carbonyl (C=O) groups is 2. The summed E-state index contributed by atoms with van der Waals surface area (Å²) in [6.45, 7) is 4.40. The van der Waals surface area contributed by atoms with Gasteiger partial charge in [-0.1, -0.05) is 54.7 Å². The van der Waals surface area contributed by atoms with Crippen LogP contribution in [0.4, 0.5) is 4.39 Å². The number of hydrogen-bond acceptors (Lipinski definition) is 2. The first-order valence-electron chi connectivity index (χ1n) is 9.58. The Balaban J connectivity index is 2.25. The number of nitrogens with zero attached hydrogens (tertiary/aromatic N) is 1. The monoisotopic (exact) mass is 438 g/mol. The van der Waals surface area contributed by atoms with Crippen molar-refractivity contribution in [2.45, 2.75) is 45.7 Å². The molecule has 7 heteroatoms. The second-order valence-electron chi connectivity index (χ2n) is 6.85. The van der Waals surface area contributed by atoms with Crippen molar-refractivity contribution in [2.75, 3.05) is 6.54 Å². The largest absolute Gasteiger partial charge is 0.354 e. The van der Waals surface area contributed by atoms with E-state index in [1.54, 1.807) is 25.1 Å². The van der Waals surface area contributed by atoms with Crippen molar-refractivity contribution in [3.63, 3.8) is 0 Å². The molecule has 2 aromatic rings. The highest BCUT2D eigenvalue weighted by molar-refractivity contribution is 6.31. The zero-order valence-corrected chi connectivity index (χ0v) is 18.1. The van der Waals surface area contributed by atoms with E-state index in [0.29, 0.717) is 11.6 Å². The fraction of sp³-hybridized carbons (Fsp3) is 0.364. The summed E-state index contributed by atoms with van der Waals surface area (Å²) in [5, 5.41) is 3.56. The van der Waals surface area contributed by atoms with E-state index in [1.165, 1.54) is 23.1 Å². The summed E-state index contributed by atoms with van der Waals surface area (Å²) in [6.07, 6.45) is 1.57. The minimum Gasteiger partial charge on any atom is -0.354 e. The van der Waals surface area contributed by atoms with Gasteiger partial charge >= 0.3 is 0 Å². The maximum Gasteiger partial charge on any atom is 0.242 e. The van der Waals surface area contributed by atoms with Crippen LogP contribution in [0.15, 0.2) is 42.5 Å². The number of unbranched alkanes of at least 4 members (excludes halogenated alkanes) is 1. The summed E-state index contributed by atoms with van der Waals surface area (Å²) in [5.74, 6) is -1.20. The van der Waals surface area contributed by atoms with Crippen LogP contribution >= 0.6 is 23.2 Å². The molecule has 4 nitrogen and oxygen atoms in total. The Hall–Kier alpha value is -2.11. The molecular weight excluding hydrogens is 414 g/mol. The molecule has 0 fully saturated rings. The Labute approximate surface area is 181 Å². The molecule has 0 heterocycles. The SMILES string of the molecule is CCCCNC(=O)[C@H](C)N(Cc1cccc(Cl)c1)C(=O)Cc1c(F)cccc1Cl. The van der Waals surface area contributed by atoms with Crippen molar-refractivity contribution in [3.8, 4) is 0 Å². The molecule has 2 amide bonds. The minimum atomic E-state index is -0.733. The summed E-state index contributed by atoms with van der Waals surface area (Å²) >= 11 is 12.1. The van der Waals surface area contributed by atoms with E-state index in [0.717, 1.165) is 18.4 Å². The summed E-state index contributed by atoms with van der Waals surface area (Å²) in [7, 11) is 0. The van der Waals surface area contributed by atoms with Crippen molar-refractivity contribution < 1.29 is 14.0 Å². The van der Waals surface area contributed by atoms with Crippen LogP contribution in [0, 0.1) is 5.82 Å². The number of carbonyl (C=O) groups excluding carboxylic acids is 2. The standard InChI is InChI=1S/C22H25Cl2FN2O2/c1-3-4-11-26-22(29)15(2)27(14-16-7-5-8-17(23)12-16)21(28)13-18-19(24)9-6-10-20(18)25/h5-10,12,15H,3-4,11,13-14H2,1-2H3,(H,26,29)/t15-/m0/s1. The number of rotatable bonds is 9. The van der Waals surface area contributed by atoms with Crippen molar-refractivity contribution in [3.05, 3.63) is 69.5 Å². The molecule has 0 aliphatic rings. The molecule has 2 rings (SSSR count). The smallest absolute Gasteiger partial charge is 0.242 e. The number of nitrogens with one attached hydrogen (secondary N) is 1. The van der Waals surface area contributed by atoms with Gasteiger partial charge in [0, 0.05) is 28.7 Å². The maximum atomic E-state index is 14.2. The number of halogens is 3. The van der Waals surface area contributed by atoms with Crippen LogP contribution in [0.5, 0.6) is 0 Å². The predicted molar refractivity (Wildman–Crippen MR) is 114 cm³/mol. The summed E-state index contributed by atoms with van der Waals surface area (Å²) in [5.41, 5.74) is 0.896. The van der Waals surface area contributed by atoms with E-state index >= 15 is 0 Å². The summed E-state index contributed by atoms with van der Waals surface area (Å²) in [4.78, 5) is 27.1. The van der Waals surface area contributed by atoms with Crippen molar-refractivity contribution in [1.29, 1.82) is 0 Å². The first kappa shape index (κ1) is 23.2. The molecule has 0 saturated carbocycles. The van der Waals surface area contributed by atoms with Crippen molar-refractivity contribution in [1.82, 2.24) is 10.2 Å². The first-order valence-corrected chi connectivity index (χ1v) is 10.3. The lowest BCUT2D eigenvalue weighted by Gasteiger charge is -2.29. The molecule has 0 aliphatic carbocycles. The minimum absolute atomic E-state index is 0.119. The van der Waals surface area contributed by atoms with Crippen LogP contribution in [0.25, 0.3) is 0 Å². The number of amides is 2. The van der Waals surface area contributed by atoms with Gasteiger partial charge in [0.25, 0.3) is 0 Å². The highest BCUT2D eigenvalue weighted by Gasteiger charge is 2.27. The second-order valence-corrected chi connectivity index (χ2v) is 7.69. The van der Waals surface area contributed by atoms with E-state index in [1.807, 2.05) is 13.0 Å². The normalized spacial score (nSPS) is 11.8. The molecule has 0 aliphatic heterocycles. The van der Waals surface area contributed by atoms with E-state index < -0.39 is 17.8 Å².